The molecule has 2 N–H and O–H groups in total. The van der Waals surface area contributed by atoms with Crippen LogP contribution in [-0.4, -0.2) is 22.6 Å². The average molecular weight is 350 g/mol. The molecule has 0 aliphatic heterocycles. The molecule has 0 fully saturated rings. The number of carbonyl (C=O) groups excluding carboxylic acids is 1. The number of amides is 1. The van der Waals surface area contributed by atoms with Crippen molar-refractivity contribution in [1.82, 2.24) is 15.5 Å². The number of aromatic nitrogens is 2. The zero-order valence-corrected chi connectivity index (χ0v) is 15.2. The van der Waals surface area contributed by atoms with Crippen molar-refractivity contribution in [2.75, 3.05) is 11.9 Å². The Balaban J connectivity index is 1.48. The van der Waals surface area contributed by atoms with E-state index in [9.17, 15) is 4.79 Å². The lowest BCUT2D eigenvalue weighted by atomic mass is 9.97. The van der Waals surface area contributed by atoms with Crippen LogP contribution in [0.5, 0.6) is 0 Å². The summed E-state index contributed by atoms with van der Waals surface area (Å²) in [5.41, 5.74) is 2.98. The fourth-order valence-corrected chi connectivity index (χ4v) is 3.14. The van der Waals surface area contributed by atoms with Crippen LogP contribution in [0.4, 0.5) is 5.82 Å². The third-order valence-electron chi connectivity index (χ3n) is 4.68. The van der Waals surface area contributed by atoms with Gasteiger partial charge in [0.15, 0.2) is 5.69 Å². The van der Waals surface area contributed by atoms with Crippen LogP contribution in [0.3, 0.4) is 0 Å². The summed E-state index contributed by atoms with van der Waals surface area (Å²) in [6, 6.07) is 13.8. The number of nitrogens with zero attached hydrogens (tertiary/aromatic N) is 2. The van der Waals surface area contributed by atoms with Crippen molar-refractivity contribution >= 4 is 11.7 Å². The van der Waals surface area contributed by atoms with E-state index in [0.29, 0.717) is 18.1 Å². The number of benzene rings is 1. The van der Waals surface area contributed by atoms with E-state index < -0.39 is 0 Å². The molecular formula is C21H26N4O. The van der Waals surface area contributed by atoms with Crippen molar-refractivity contribution in [3.05, 3.63) is 65.4 Å². The molecule has 0 saturated carbocycles. The summed E-state index contributed by atoms with van der Waals surface area (Å²) in [5.74, 6) is 0.488. The van der Waals surface area contributed by atoms with Gasteiger partial charge in [0, 0.05) is 12.6 Å². The van der Waals surface area contributed by atoms with Gasteiger partial charge in [0.25, 0.3) is 5.91 Å². The van der Waals surface area contributed by atoms with Crippen LogP contribution in [-0.2, 0) is 0 Å². The molecule has 1 atom stereocenters. The molecule has 0 saturated heterocycles. The van der Waals surface area contributed by atoms with E-state index >= 15 is 0 Å². The van der Waals surface area contributed by atoms with Crippen LogP contribution < -0.4 is 10.6 Å². The Bertz CT molecular complexity index is 740. The highest BCUT2D eigenvalue weighted by Gasteiger charge is 2.10. The van der Waals surface area contributed by atoms with Gasteiger partial charge in [-0.05, 0) is 56.7 Å². The van der Waals surface area contributed by atoms with Gasteiger partial charge >= 0.3 is 0 Å². The van der Waals surface area contributed by atoms with E-state index in [-0.39, 0.29) is 11.9 Å². The molecular weight excluding hydrogens is 324 g/mol. The lowest BCUT2D eigenvalue weighted by Crippen LogP contribution is -2.26. The van der Waals surface area contributed by atoms with E-state index in [1.165, 1.54) is 30.4 Å². The highest BCUT2D eigenvalue weighted by Crippen LogP contribution is 2.19. The van der Waals surface area contributed by atoms with Crippen molar-refractivity contribution in [2.45, 2.75) is 45.1 Å². The fourth-order valence-electron chi connectivity index (χ4n) is 3.14. The van der Waals surface area contributed by atoms with Crippen molar-refractivity contribution in [3.63, 3.8) is 0 Å². The zero-order valence-electron chi connectivity index (χ0n) is 15.2. The summed E-state index contributed by atoms with van der Waals surface area (Å²) in [6.45, 7) is 2.72. The van der Waals surface area contributed by atoms with E-state index in [1.54, 1.807) is 12.1 Å². The molecule has 1 aliphatic carbocycles. The Morgan fingerprint density at radius 2 is 1.96 bits per heavy atom. The highest BCUT2D eigenvalue weighted by molar-refractivity contribution is 5.92. The van der Waals surface area contributed by atoms with Crippen LogP contribution in [0.2, 0.25) is 0 Å². The van der Waals surface area contributed by atoms with Crippen LogP contribution >= 0.6 is 0 Å². The van der Waals surface area contributed by atoms with E-state index in [4.69, 9.17) is 0 Å². The predicted molar refractivity (Wildman–Crippen MR) is 104 cm³/mol. The van der Waals surface area contributed by atoms with Crippen LogP contribution in [0.25, 0.3) is 0 Å². The maximum Gasteiger partial charge on any atom is 0.271 e. The van der Waals surface area contributed by atoms with Crippen LogP contribution in [0.15, 0.2) is 54.1 Å². The van der Waals surface area contributed by atoms with Gasteiger partial charge in [0.2, 0.25) is 0 Å². The number of carbonyl (C=O) groups is 1. The monoisotopic (exact) mass is 350 g/mol. The molecule has 1 aromatic heterocycles. The molecule has 5 nitrogen and oxygen atoms in total. The molecule has 1 aromatic carbocycles. The quantitative estimate of drug-likeness (QED) is 0.732. The number of hydrogen-bond donors (Lipinski definition) is 2. The maximum absolute atomic E-state index is 12.2. The van der Waals surface area contributed by atoms with Gasteiger partial charge < -0.3 is 10.6 Å². The summed E-state index contributed by atoms with van der Waals surface area (Å²) in [5, 5.41) is 14.4. The first-order valence-corrected chi connectivity index (χ1v) is 9.33. The Morgan fingerprint density at radius 3 is 2.65 bits per heavy atom. The summed E-state index contributed by atoms with van der Waals surface area (Å²) < 4.78 is 0. The lowest BCUT2D eigenvalue weighted by Gasteiger charge is -2.14. The van der Waals surface area contributed by atoms with Crippen molar-refractivity contribution in [3.8, 4) is 0 Å². The maximum atomic E-state index is 12.2. The first-order chi connectivity index (χ1) is 12.7. The number of allylic oxidation sites excluding steroid dienone is 1. The molecule has 1 heterocycles. The smallest absolute Gasteiger partial charge is 0.271 e. The second-order valence-electron chi connectivity index (χ2n) is 6.69. The number of rotatable bonds is 7. The SMILES string of the molecule is CC(Nc1ccc(C(=O)NCCC2=CCCCC2)nn1)c1ccccc1. The van der Waals surface area contributed by atoms with E-state index in [2.05, 4.69) is 46.0 Å². The zero-order chi connectivity index (χ0) is 18.2. The Labute approximate surface area is 154 Å². The molecule has 0 spiro atoms. The molecule has 1 unspecified atom stereocenters. The summed E-state index contributed by atoms with van der Waals surface area (Å²) >= 11 is 0. The number of hydrogen-bond acceptors (Lipinski definition) is 4. The average Bonchev–Trinajstić information content (AvgIpc) is 2.70. The van der Waals surface area contributed by atoms with Gasteiger partial charge in [0.05, 0.1) is 0 Å². The van der Waals surface area contributed by atoms with Gasteiger partial charge in [-0.1, -0.05) is 42.0 Å². The van der Waals surface area contributed by atoms with Gasteiger partial charge in [-0.2, -0.15) is 0 Å². The minimum Gasteiger partial charge on any atom is -0.362 e. The minimum atomic E-state index is -0.170. The first kappa shape index (κ1) is 18.1. The summed E-state index contributed by atoms with van der Waals surface area (Å²) in [7, 11) is 0. The van der Waals surface area contributed by atoms with E-state index in [1.807, 2.05) is 18.2 Å². The second-order valence-corrected chi connectivity index (χ2v) is 6.69. The summed E-state index contributed by atoms with van der Waals surface area (Å²) in [4.78, 5) is 12.2. The van der Waals surface area contributed by atoms with Gasteiger partial charge in [0.1, 0.15) is 5.82 Å². The minimum absolute atomic E-state index is 0.119. The van der Waals surface area contributed by atoms with E-state index in [0.717, 1.165) is 12.8 Å². The van der Waals surface area contributed by atoms with Gasteiger partial charge in [-0.15, -0.1) is 10.2 Å². The fraction of sp³-hybridized carbons (Fsp3) is 0.381. The molecule has 2 aromatic rings. The van der Waals surface area contributed by atoms with Gasteiger partial charge in [-0.25, -0.2) is 0 Å². The highest BCUT2D eigenvalue weighted by atomic mass is 16.1. The van der Waals surface area contributed by atoms with Crippen LogP contribution in [0.1, 0.15) is 61.1 Å². The lowest BCUT2D eigenvalue weighted by molar-refractivity contribution is 0.0948. The Kier molecular flexibility index (Phi) is 6.36. The molecule has 26 heavy (non-hydrogen) atoms. The molecule has 0 radical (unpaired) electrons. The molecule has 1 aliphatic rings. The van der Waals surface area contributed by atoms with Gasteiger partial charge in [-0.3, -0.25) is 4.79 Å². The topological polar surface area (TPSA) is 66.9 Å². The predicted octanol–water partition coefficient (Wildman–Crippen LogP) is 4.27. The van der Waals surface area contributed by atoms with Crippen LogP contribution in [0, 0.1) is 0 Å². The second kappa shape index (κ2) is 9.13. The Morgan fingerprint density at radius 1 is 1.12 bits per heavy atom. The molecule has 5 heteroatoms. The summed E-state index contributed by atoms with van der Waals surface area (Å²) in [6.07, 6.45) is 8.12. The van der Waals surface area contributed by atoms with Crippen molar-refractivity contribution in [2.24, 2.45) is 0 Å². The normalized spacial score (nSPS) is 15.0. The molecule has 1 amide bonds. The first-order valence-electron chi connectivity index (χ1n) is 9.33. The molecule has 0 bridgehead atoms. The number of nitrogens with one attached hydrogen (secondary N) is 2. The van der Waals surface area contributed by atoms with Crippen molar-refractivity contribution in [1.29, 1.82) is 0 Å². The van der Waals surface area contributed by atoms with Crippen molar-refractivity contribution < 1.29 is 4.79 Å². The Hall–Kier alpha value is -2.69. The number of anilines is 1. The third kappa shape index (κ3) is 5.15. The largest absolute Gasteiger partial charge is 0.362 e. The third-order valence-corrected chi connectivity index (χ3v) is 4.68. The standard InChI is InChI=1S/C21H26N4O/c1-16(18-10-6-3-7-11-18)23-20-13-12-19(24-25-20)21(26)22-15-14-17-8-4-2-5-9-17/h3,6-8,10-13,16H,2,4-5,9,14-15H2,1H3,(H,22,26)(H,23,25). The molecule has 136 valence electrons. The molecule has 3 rings (SSSR count).